The van der Waals surface area contributed by atoms with Crippen LogP contribution in [-0.2, 0) is 6.42 Å². The summed E-state index contributed by atoms with van der Waals surface area (Å²) >= 11 is 5.43. The van der Waals surface area contributed by atoms with Crippen molar-refractivity contribution in [3.8, 4) is 0 Å². The van der Waals surface area contributed by atoms with Crippen LogP contribution in [0.15, 0.2) is 22.7 Å². The van der Waals surface area contributed by atoms with Crippen molar-refractivity contribution >= 4 is 27.7 Å². The lowest BCUT2D eigenvalue weighted by atomic mass is 9.90. The van der Waals surface area contributed by atoms with Crippen LogP contribution in [0, 0.1) is 5.82 Å². The lowest BCUT2D eigenvalue weighted by Gasteiger charge is -2.34. The average molecular weight is 346 g/mol. The molecule has 1 nitrogen and oxygen atoms in total. The van der Waals surface area contributed by atoms with E-state index in [0.29, 0.717) is 10.5 Å². The molecule has 0 aliphatic carbocycles. The predicted octanol–water partition coefficient (Wildman–Crippen LogP) is 4.39. The summed E-state index contributed by atoms with van der Waals surface area (Å²) in [6.07, 6.45) is 3.39. The highest BCUT2D eigenvalue weighted by Crippen LogP contribution is 2.41. The van der Waals surface area contributed by atoms with Crippen LogP contribution in [0.3, 0.4) is 0 Å². The lowest BCUT2D eigenvalue weighted by molar-refractivity contribution is 0.405. The minimum absolute atomic E-state index is 0.169. The highest BCUT2D eigenvalue weighted by molar-refractivity contribution is 9.10. The zero-order valence-electron chi connectivity index (χ0n) is 11.5. The molecule has 1 heterocycles. The number of nitrogens with one attached hydrogen (secondary N) is 1. The fourth-order valence-electron chi connectivity index (χ4n) is 2.75. The van der Waals surface area contributed by atoms with E-state index in [1.807, 2.05) is 6.07 Å². The molecule has 2 atom stereocenters. The van der Waals surface area contributed by atoms with Gasteiger partial charge in [0.2, 0.25) is 0 Å². The van der Waals surface area contributed by atoms with Gasteiger partial charge in [0.15, 0.2) is 0 Å². The third-order valence-electron chi connectivity index (χ3n) is 3.89. The molecule has 2 rings (SSSR count). The summed E-state index contributed by atoms with van der Waals surface area (Å²) in [4.78, 5) is 0. The SMILES string of the molecule is CCNC(Cc1cccc(F)c1Br)C1(C)CCCS1. The van der Waals surface area contributed by atoms with Crippen molar-refractivity contribution in [3.05, 3.63) is 34.1 Å². The summed E-state index contributed by atoms with van der Waals surface area (Å²) in [5, 5.41) is 3.60. The Labute approximate surface area is 127 Å². The van der Waals surface area contributed by atoms with Crippen molar-refractivity contribution in [2.75, 3.05) is 12.3 Å². The third-order valence-corrected chi connectivity index (χ3v) is 6.42. The van der Waals surface area contributed by atoms with E-state index in [1.54, 1.807) is 6.07 Å². The average Bonchev–Trinajstić information content (AvgIpc) is 2.82. The van der Waals surface area contributed by atoms with Gasteiger partial charge in [0, 0.05) is 10.8 Å². The molecule has 4 heteroatoms. The molecule has 1 aliphatic rings. The zero-order chi connectivity index (χ0) is 13.9. The third kappa shape index (κ3) is 3.53. The summed E-state index contributed by atoms with van der Waals surface area (Å²) in [7, 11) is 0. The van der Waals surface area contributed by atoms with Crippen molar-refractivity contribution in [2.24, 2.45) is 0 Å². The van der Waals surface area contributed by atoms with Gasteiger partial charge in [-0.25, -0.2) is 4.39 Å². The molecule has 0 radical (unpaired) electrons. The molecule has 1 saturated heterocycles. The van der Waals surface area contributed by atoms with E-state index in [1.165, 1.54) is 24.7 Å². The Morgan fingerprint density at radius 3 is 2.95 bits per heavy atom. The Balaban J connectivity index is 2.18. The highest BCUT2D eigenvalue weighted by atomic mass is 79.9. The maximum absolute atomic E-state index is 13.6. The summed E-state index contributed by atoms with van der Waals surface area (Å²) in [5.74, 6) is 1.07. The van der Waals surface area contributed by atoms with Gasteiger partial charge in [0.1, 0.15) is 5.82 Å². The van der Waals surface area contributed by atoms with E-state index < -0.39 is 0 Å². The number of hydrogen-bond acceptors (Lipinski definition) is 2. The molecule has 0 saturated carbocycles. The Hall–Kier alpha value is -0.0600. The molecule has 2 unspecified atom stereocenters. The second-order valence-electron chi connectivity index (χ2n) is 5.29. The standard InChI is InChI=1S/C15H21BrFNS/c1-3-18-13(15(2)8-5-9-19-15)10-11-6-4-7-12(17)14(11)16/h4,6-7,13,18H,3,5,8-10H2,1-2H3. The number of likely N-dealkylation sites (N-methyl/N-ethyl adjacent to an activating group) is 1. The fourth-order valence-corrected chi connectivity index (χ4v) is 4.59. The van der Waals surface area contributed by atoms with Gasteiger partial charge in [-0.2, -0.15) is 11.8 Å². The molecule has 1 N–H and O–H groups in total. The van der Waals surface area contributed by atoms with Gasteiger partial charge in [0.05, 0.1) is 4.47 Å². The molecule has 0 bridgehead atoms. The molecule has 19 heavy (non-hydrogen) atoms. The quantitative estimate of drug-likeness (QED) is 0.848. The summed E-state index contributed by atoms with van der Waals surface area (Å²) in [6.45, 7) is 5.43. The lowest BCUT2D eigenvalue weighted by Crippen LogP contribution is -2.46. The Morgan fingerprint density at radius 2 is 2.32 bits per heavy atom. The first-order chi connectivity index (χ1) is 9.07. The van der Waals surface area contributed by atoms with Gasteiger partial charge in [-0.15, -0.1) is 0 Å². The van der Waals surface area contributed by atoms with E-state index in [-0.39, 0.29) is 10.6 Å². The smallest absolute Gasteiger partial charge is 0.137 e. The van der Waals surface area contributed by atoms with Crippen LogP contribution in [0.5, 0.6) is 0 Å². The van der Waals surface area contributed by atoms with Crippen molar-refractivity contribution in [3.63, 3.8) is 0 Å². The molecular weight excluding hydrogens is 325 g/mol. The number of benzene rings is 1. The van der Waals surface area contributed by atoms with Crippen LogP contribution in [-0.4, -0.2) is 23.1 Å². The maximum Gasteiger partial charge on any atom is 0.137 e. The van der Waals surface area contributed by atoms with Crippen LogP contribution < -0.4 is 5.32 Å². The van der Waals surface area contributed by atoms with Gasteiger partial charge in [0.25, 0.3) is 0 Å². The zero-order valence-corrected chi connectivity index (χ0v) is 13.9. The molecule has 106 valence electrons. The molecule has 1 aromatic carbocycles. The van der Waals surface area contributed by atoms with Gasteiger partial charge >= 0.3 is 0 Å². The largest absolute Gasteiger partial charge is 0.313 e. The van der Waals surface area contributed by atoms with Crippen molar-refractivity contribution < 1.29 is 4.39 Å². The van der Waals surface area contributed by atoms with Crippen LogP contribution in [0.25, 0.3) is 0 Å². The molecule has 0 amide bonds. The first-order valence-corrected chi connectivity index (χ1v) is 8.65. The molecule has 1 aliphatic heterocycles. The molecule has 0 spiro atoms. The van der Waals surface area contributed by atoms with Crippen LogP contribution in [0.4, 0.5) is 4.39 Å². The molecular formula is C15H21BrFNS. The predicted molar refractivity (Wildman–Crippen MR) is 85.4 cm³/mol. The van der Waals surface area contributed by atoms with Crippen LogP contribution in [0.1, 0.15) is 32.3 Å². The highest BCUT2D eigenvalue weighted by Gasteiger charge is 2.37. The molecule has 1 fully saturated rings. The number of halogens is 2. The Kier molecular flexibility index (Phi) is 5.32. The second-order valence-corrected chi connectivity index (χ2v) is 7.71. The molecule has 1 aromatic rings. The van der Waals surface area contributed by atoms with Gasteiger partial charge in [-0.1, -0.05) is 19.1 Å². The van der Waals surface area contributed by atoms with Crippen molar-refractivity contribution in [1.82, 2.24) is 5.32 Å². The van der Waals surface area contributed by atoms with Gasteiger partial charge in [-0.05, 0) is 66.0 Å². The summed E-state index contributed by atoms with van der Waals surface area (Å²) < 4.78 is 14.5. The summed E-state index contributed by atoms with van der Waals surface area (Å²) in [6, 6.07) is 5.70. The second kappa shape index (κ2) is 6.59. The number of rotatable bonds is 5. The van der Waals surface area contributed by atoms with E-state index in [0.717, 1.165) is 18.5 Å². The maximum atomic E-state index is 13.6. The monoisotopic (exact) mass is 345 g/mol. The summed E-state index contributed by atoms with van der Waals surface area (Å²) in [5.41, 5.74) is 1.06. The minimum atomic E-state index is -0.169. The van der Waals surface area contributed by atoms with Gasteiger partial charge in [-0.3, -0.25) is 0 Å². The van der Waals surface area contributed by atoms with E-state index in [2.05, 4.69) is 46.9 Å². The number of hydrogen-bond donors (Lipinski definition) is 1. The van der Waals surface area contributed by atoms with E-state index >= 15 is 0 Å². The first kappa shape index (κ1) is 15.3. The minimum Gasteiger partial charge on any atom is -0.313 e. The van der Waals surface area contributed by atoms with E-state index in [4.69, 9.17) is 0 Å². The number of thioether (sulfide) groups is 1. The van der Waals surface area contributed by atoms with Crippen molar-refractivity contribution in [2.45, 2.75) is 43.9 Å². The topological polar surface area (TPSA) is 12.0 Å². The van der Waals surface area contributed by atoms with Gasteiger partial charge < -0.3 is 5.32 Å². The van der Waals surface area contributed by atoms with Crippen LogP contribution in [0.2, 0.25) is 0 Å². The normalized spacial score (nSPS) is 24.6. The first-order valence-electron chi connectivity index (χ1n) is 6.87. The van der Waals surface area contributed by atoms with E-state index in [9.17, 15) is 4.39 Å². The fraction of sp³-hybridized carbons (Fsp3) is 0.600. The molecule has 0 aromatic heterocycles. The Bertz CT molecular complexity index is 432. The Morgan fingerprint density at radius 1 is 1.53 bits per heavy atom. The van der Waals surface area contributed by atoms with Crippen molar-refractivity contribution in [1.29, 1.82) is 0 Å². The van der Waals surface area contributed by atoms with Crippen LogP contribution >= 0.6 is 27.7 Å².